The van der Waals surface area contributed by atoms with E-state index in [1.807, 2.05) is 0 Å². The molecular formula is C10H15BrN2OS. The van der Waals surface area contributed by atoms with Crippen LogP contribution in [-0.2, 0) is 0 Å². The van der Waals surface area contributed by atoms with Gasteiger partial charge < -0.3 is 4.74 Å². The van der Waals surface area contributed by atoms with E-state index in [0.29, 0.717) is 17.0 Å². The number of rotatable bonds is 4. The number of aromatic nitrogens is 2. The van der Waals surface area contributed by atoms with Gasteiger partial charge in [0.1, 0.15) is 0 Å². The predicted molar refractivity (Wildman–Crippen MR) is 66.4 cm³/mol. The van der Waals surface area contributed by atoms with E-state index in [9.17, 15) is 0 Å². The molecule has 0 fully saturated rings. The van der Waals surface area contributed by atoms with Crippen molar-refractivity contribution in [1.29, 1.82) is 0 Å². The molecule has 0 saturated carbocycles. The monoisotopic (exact) mass is 290 g/mol. The molecule has 1 aromatic rings. The molecule has 84 valence electrons. The Labute approximate surface area is 103 Å². The average Bonchev–Trinajstić information content (AvgIpc) is 2.20. The van der Waals surface area contributed by atoms with Crippen molar-refractivity contribution >= 4 is 27.7 Å². The van der Waals surface area contributed by atoms with Crippen LogP contribution in [0.3, 0.4) is 0 Å². The van der Waals surface area contributed by atoms with Gasteiger partial charge in [0.25, 0.3) is 0 Å². The van der Waals surface area contributed by atoms with Gasteiger partial charge in [-0.1, -0.05) is 32.5 Å². The first kappa shape index (κ1) is 12.8. The number of thioether (sulfide) groups is 1. The van der Waals surface area contributed by atoms with Crippen molar-refractivity contribution in [1.82, 2.24) is 9.97 Å². The van der Waals surface area contributed by atoms with Crippen LogP contribution < -0.4 is 4.74 Å². The summed E-state index contributed by atoms with van der Waals surface area (Å²) < 4.78 is 5.90. The van der Waals surface area contributed by atoms with Gasteiger partial charge in [0.05, 0.1) is 11.6 Å². The summed E-state index contributed by atoms with van der Waals surface area (Å²) in [6.45, 7) is 6.55. The topological polar surface area (TPSA) is 35.0 Å². The highest BCUT2D eigenvalue weighted by molar-refractivity contribution is 9.10. The molecule has 15 heavy (non-hydrogen) atoms. The second-order valence-electron chi connectivity index (χ2n) is 3.58. The quantitative estimate of drug-likeness (QED) is 0.629. The van der Waals surface area contributed by atoms with Crippen molar-refractivity contribution in [2.75, 3.05) is 7.11 Å². The molecule has 0 aromatic carbocycles. The van der Waals surface area contributed by atoms with Gasteiger partial charge in [-0.15, -0.1) is 0 Å². The first-order valence-electron chi connectivity index (χ1n) is 4.77. The highest BCUT2D eigenvalue weighted by Crippen LogP contribution is 2.28. The Morgan fingerprint density at radius 3 is 2.60 bits per heavy atom. The average molecular weight is 291 g/mol. The van der Waals surface area contributed by atoms with Gasteiger partial charge in [0, 0.05) is 11.4 Å². The van der Waals surface area contributed by atoms with E-state index in [1.165, 1.54) is 0 Å². The molecule has 1 rings (SSSR count). The van der Waals surface area contributed by atoms with Crippen molar-refractivity contribution in [3.63, 3.8) is 0 Å². The fraction of sp³-hybridized carbons (Fsp3) is 0.600. The summed E-state index contributed by atoms with van der Waals surface area (Å²) in [6.07, 6.45) is 1.72. The molecule has 1 aromatic heterocycles. The van der Waals surface area contributed by atoms with Gasteiger partial charge in [0.15, 0.2) is 5.16 Å². The normalized spacial score (nSPS) is 12.9. The van der Waals surface area contributed by atoms with E-state index in [-0.39, 0.29) is 0 Å². The molecule has 3 nitrogen and oxygen atoms in total. The minimum Gasteiger partial charge on any atom is -0.480 e. The third kappa shape index (κ3) is 3.65. The summed E-state index contributed by atoms with van der Waals surface area (Å²) in [6, 6.07) is 0. The van der Waals surface area contributed by atoms with Crippen LogP contribution in [0, 0.1) is 5.92 Å². The molecular weight excluding hydrogens is 276 g/mol. The molecule has 0 aliphatic heterocycles. The van der Waals surface area contributed by atoms with E-state index in [1.54, 1.807) is 25.1 Å². The Balaban J connectivity index is 2.78. The summed E-state index contributed by atoms with van der Waals surface area (Å²) in [7, 11) is 1.60. The maximum Gasteiger partial charge on any atom is 0.231 e. The van der Waals surface area contributed by atoms with Gasteiger partial charge >= 0.3 is 0 Å². The minimum absolute atomic E-state index is 0.496. The molecule has 0 aliphatic rings. The molecule has 1 unspecified atom stereocenters. The van der Waals surface area contributed by atoms with Gasteiger partial charge in [-0.25, -0.2) is 4.98 Å². The lowest BCUT2D eigenvalue weighted by Gasteiger charge is -2.13. The molecule has 0 bridgehead atoms. The standard InChI is InChI=1S/C10H15BrN2OS/c1-6(2)7(3)15-10-12-5-8(11)9(13-10)14-4/h5-7H,1-4H3. The largest absolute Gasteiger partial charge is 0.480 e. The van der Waals surface area contributed by atoms with Gasteiger partial charge in [-0.05, 0) is 21.8 Å². The van der Waals surface area contributed by atoms with E-state index in [0.717, 1.165) is 9.63 Å². The number of hydrogen-bond acceptors (Lipinski definition) is 4. The molecule has 5 heteroatoms. The fourth-order valence-electron chi connectivity index (χ4n) is 0.839. The van der Waals surface area contributed by atoms with Gasteiger partial charge in [-0.3, -0.25) is 0 Å². The fourth-order valence-corrected chi connectivity index (χ4v) is 2.05. The smallest absolute Gasteiger partial charge is 0.231 e. The highest BCUT2D eigenvalue weighted by atomic mass is 79.9. The number of nitrogens with zero attached hydrogens (tertiary/aromatic N) is 2. The van der Waals surface area contributed by atoms with Crippen LogP contribution in [0.25, 0.3) is 0 Å². The molecule has 0 saturated heterocycles. The summed E-state index contributed by atoms with van der Waals surface area (Å²) in [5.74, 6) is 1.19. The molecule has 0 spiro atoms. The Bertz CT molecular complexity index is 333. The van der Waals surface area contributed by atoms with Crippen LogP contribution in [0.15, 0.2) is 15.8 Å². The predicted octanol–water partition coefficient (Wildman–Crippen LogP) is 3.38. The zero-order chi connectivity index (χ0) is 11.4. The third-order valence-corrected chi connectivity index (χ3v) is 3.98. The van der Waals surface area contributed by atoms with E-state index in [4.69, 9.17) is 4.74 Å². The number of halogens is 1. The zero-order valence-electron chi connectivity index (χ0n) is 9.32. The van der Waals surface area contributed by atoms with E-state index < -0.39 is 0 Å². The second-order valence-corrected chi connectivity index (χ2v) is 5.78. The van der Waals surface area contributed by atoms with Crippen LogP contribution >= 0.6 is 27.7 Å². The molecule has 1 heterocycles. The first-order valence-corrected chi connectivity index (χ1v) is 6.45. The van der Waals surface area contributed by atoms with Gasteiger partial charge in [0.2, 0.25) is 5.88 Å². The van der Waals surface area contributed by atoms with Crippen LogP contribution in [0.5, 0.6) is 5.88 Å². The van der Waals surface area contributed by atoms with Crippen LogP contribution in [0.1, 0.15) is 20.8 Å². The lowest BCUT2D eigenvalue weighted by Crippen LogP contribution is -2.06. The Hall–Kier alpha value is -0.290. The van der Waals surface area contributed by atoms with Crippen molar-refractivity contribution in [3.8, 4) is 5.88 Å². The SMILES string of the molecule is COc1nc(SC(C)C(C)C)ncc1Br. The first-order chi connectivity index (χ1) is 7.04. The van der Waals surface area contributed by atoms with Crippen LogP contribution in [0.4, 0.5) is 0 Å². The summed E-state index contributed by atoms with van der Waals surface area (Å²) in [4.78, 5) is 8.53. The molecule has 0 N–H and O–H groups in total. The lowest BCUT2D eigenvalue weighted by atomic mass is 10.2. The summed E-state index contributed by atoms with van der Waals surface area (Å²) in [5, 5.41) is 1.26. The summed E-state index contributed by atoms with van der Waals surface area (Å²) >= 11 is 4.99. The van der Waals surface area contributed by atoms with Crippen molar-refractivity contribution in [3.05, 3.63) is 10.7 Å². The van der Waals surface area contributed by atoms with Crippen molar-refractivity contribution in [2.24, 2.45) is 5.92 Å². The minimum atomic E-state index is 0.496. The maximum absolute atomic E-state index is 5.12. The van der Waals surface area contributed by atoms with Crippen molar-refractivity contribution < 1.29 is 4.74 Å². The van der Waals surface area contributed by atoms with Crippen LogP contribution in [-0.4, -0.2) is 22.3 Å². The zero-order valence-corrected chi connectivity index (χ0v) is 11.7. The third-order valence-electron chi connectivity index (χ3n) is 2.11. The van der Waals surface area contributed by atoms with E-state index in [2.05, 4.69) is 46.7 Å². The Morgan fingerprint density at radius 1 is 1.40 bits per heavy atom. The summed E-state index contributed by atoms with van der Waals surface area (Å²) in [5.41, 5.74) is 0. The highest BCUT2D eigenvalue weighted by Gasteiger charge is 2.12. The Morgan fingerprint density at radius 2 is 2.07 bits per heavy atom. The number of methoxy groups -OCH3 is 1. The molecule has 1 atom stereocenters. The second kappa shape index (κ2) is 5.70. The molecule has 0 aliphatic carbocycles. The molecule has 0 radical (unpaired) electrons. The number of ether oxygens (including phenoxy) is 1. The lowest BCUT2D eigenvalue weighted by molar-refractivity contribution is 0.389. The van der Waals surface area contributed by atoms with Gasteiger partial charge in [-0.2, -0.15) is 4.98 Å². The Kier molecular flexibility index (Phi) is 4.86. The van der Waals surface area contributed by atoms with Crippen LogP contribution in [0.2, 0.25) is 0 Å². The number of hydrogen-bond donors (Lipinski definition) is 0. The van der Waals surface area contributed by atoms with E-state index >= 15 is 0 Å². The van der Waals surface area contributed by atoms with Crippen molar-refractivity contribution in [2.45, 2.75) is 31.2 Å². The molecule has 0 amide bonds. The maximum atomic E-state index is 5.12.